The second-order valence-electron chi connectivity index (χ2n) is 8.01. The Morgan fingerprint density at radius 3 is 2.10 bits per heavy atom. The molecule has 2 N–H and O–H groups in total. The molecule has 1 fully saturated rings. The van der Waals surface area contributed by atoms with Gasteiger partial charge in [0.1, 0.15) is 11.5 Å². The number of halogens is 1. The summed E-state index contributed by atoms with van der Waals surface area (Å²) in [7, 11) is 0. The summed E-state index contributed by atoms with van der Waals surface area (Å²) in [5.41, 5.74) is 1.71. The van der Waals surface area contributed by atoms with Gasteiger partial charge >= 0.3 is 0 Å². The molecule has 0 saturated carbocycles. The standard InChI is InChI=1S/C26H27NO2.ClH/c28-25(22-12-6-2-7-13-22)24-20-27(18-16-21-10-4-1-5-11-21)19-17-26(24,29)23-14-8-3-9-15-23;/h1-15,24,29H,16-20H2;1H. The Kier molecular flexibility index (Phi) is 7.43. The maximum absolute atomic E-state index is 13.4. The van der Waals surface area contributed by atoms with Crippen molar-refractivity contribution >= 4 is 5.78 Å². The first-order valence-electron chi connectivity index (χ1n) is 10.4. The molecule has 1 heterocycles. The van der Waals surface area contributed by atoms with Gasteiger partial charge in [0.2, 0.25) is 0 Å². The molecule has 0 aliphatic carbocycles. The van der Waals surface area contributed by atoms with Gasteiger partial charge in [-0.3, -0.25) is 4.79 Å². The smallest absolute Gasteiger partial charge is 0.174 e. The number of piperidine rings is 1. The molecule has 156 valence electrons. The molecule has 1 aliphatic heterocycles. The predicted octanol–water partition coefficient (Wildman–Crippen LogP) is -0.0914. The first-order chi connectivity index (χ1) is 14.2. The first kappa shape index (κ1) is 22.2. The highest BCUT2D eigenvalue weighted by Crippen LogP contribution is 2.36. The second kappa shape index (κ2) is 10.0. The van der Waals surface area contributed by atoms with Crippen molar-refractivity contribution in [1.82, 2.24) is 0 Å². The lowest BCUT2D eigenvalue weighted by atomic mass is 9.72. The highest BCUT2D eigenvalue weighted by Gasteiger charge is 2.48. The van der Waals surface area contributed by atoms with Crippen LogP contribution in [0.25, 0.3) is 0 Å². The number of Topliss-reactive ketones (excluding diaryl/α,β-unsaturated/α-hetero) is 1. The van der Waals surface area contributed by atoms with Crippen LogP contribution in [0.15, 0.2) is 91.0 Å². The molecule has 0 radical (unpaired) electrons. The van der Waals surface area contributed by atoms with Crippen molar-refractivity contribution in [2.45, 2.75) is 18.4 Å². The Morgan fingerprint density at radius 1 is 0.900 bits per heavy atom. The van der Waals surface area contributed by atoms with Crippen molar-refractivity contribution in [3.8, 4) is 0 Å². The van der Waals surface area contributed by atoms with Crippen LogP contribution in [0.3, 0.4) is 0 Å². The van der Waals surface area contributed by atoms with E-state index in [4.69, 9.17) is 0 Å². The van der Waals surface area contributed by atoms with Gasteiger partial charge in [-0.15, -0.1) is 0 Å². The van der Waals surface area contributed by atoms with Crippen LogP contribution in [-0.2, 0) is 12.0 Å². The molecular formula is C26H28ClNO2. The largest absolute Gasteiger partial charge is 1.00 e. The van der Waals surface area contributed by atoms with E-state index < -0.39 is 11.5 Å². The molecule has 3 atom stereocenters. The molecule has 0 aromatic heterocycles. The molecule has 4 heteroatoms. The molecule has 0 spiro atoms. The fourth-order valence-corrected chi connectivity index (χ4v) is 4.48. The van der Waals surface area contributed by atoms with Gasteiger partial charge in [-0.25, -0.2) is 0 Å². The van der Waals surface area contributed by atoms with Gasteiger partial charge in [-0.05, 0) is 11.1 Å². The van der Waals surface area contributed by atoms with Crippen LogP contribution in [0.2, 0.25) is 0 Å². The SMILES string of the molecule is O=C(c1ccccc1)C1C[NH+](CCc2ccccc2)CCC1(O)c1ccccc1.[Cl-]. The van der Waals surface area contributed by atoms with E-state index in [9.17, 15) is 9.90 Å². The molecule has 30 heavy (non-hydrogen) atoms. The first-order valence-corrected chi connectivity index (χ1v) is 10.4. The van der Waals surface area contributed by atoms with E-state index >= 15 is 0 Å². The van der Waals surface area contributed by atoms with Gasteiger partial charge < -0.3 is 22.4 Å². The zero-order valence-corrected chi connectivity index (χ0v) is 17.8. The summed E-state index contributed by atoms with van der Waals surface area (Å²) in [5, 5.41) is 11.7. The highest BCUT2D eigenvalue weighted by atomic mass is 35.5. The van der Waals surface area contributed by atoms with E-state index in [1.165, 1.54) is 10.5 Å². The lowest BCUT2D eigenvalue weighted by Gasteiger charge is -2.42. The van der Waals surface area contributed by atoms with Gasteiger partial charge in [-0.1, -0.05) is 91.0 Å². The lowest BCUT2D eigenvalue weighted by molar-refractivity contribution is -0.910. The third kappa shape index (κ3) is 4.81. The summed E-state index contributed by atoms with van der Waals surface area (Å²) < 4.78 is 0. The monoisotopic (exact) mass is 421 g/mol. The summed E-state index contributed by atoms with van der Waals surface area (Å²) in [6.07, 6.45) is 1.57. The van der Waals surface area contributed by atoms with Gasteiger partial charge in [0, 0.05) is 18.4 Å². The predicted molar refractivity (Wildman–Crippen MR) is 115 cm³/mol. The van der Waals surface area contributed by atoms with Crippen molar-refractivity contribution in [1.29, 1.82) is 0 Å². The van der Waals surface area contributed by atoms with Gasteiger partial charge in [0.05, 0.1) is 19.6 Å². The second-order valence-corrected chi connectivity index (χ2v) is 8.01. The Hall–Kier alpha value is -2.46. The van der Waals surface area contributed by atoms with Crippen LogP contribution in [0.4, 0.5) is 0 Å². The molecule has 3 aromatic rings. The summed E-state index contributed by atoms with van der Waals surface area (Å²) in [6.45, 7) is 2.47. The zero-order valence-electron chi connectivity index (χ0n) is 17.0. The van der Waals surface area contributed by atoms with Crippen LogP contribution in [0, 0.1) is 5.92 Å². The summed E-state index contributed by atoms with van der Waals surface area (Å²) in [5.74, 6) is -0.416. The molecule has 1 saturated heterocycles. The minimum atomic E-state index is -1.12. The van der Waals surface area contributed by atoms with E-state index in [0.717, 1.165) is 25.1 Å². The average molecular weight is 422 g/mol. The van der Waals surface area contributed by atoms with E-state index in [1.807, 2.05) is 66.7 Å². The van der Waals surface area contributed by atoms with Crippen molar-refractivity contribution in [2.75, 3.05) is 19.6 Å². The number of benzene rings is 3. The molecular weight excluding hydrogens is 394 g/mol. The number of hydrogen-bond acceptors (Lipinski definition) is 2. The number of ketones is 1. The zero-order chi connectivity index (χ0) is 20.1. The van der Waals surface area contributed by atoms with Crippen LogP contribution in [0.5, 0.6) is 0 Å². The van der Waals surface area contributed by atoms with Crippen LogP contribution in [0.1, 0.15) is 27.9 Å². The topological polar surface area (TPSA) is 41.7 Å². The summed E-state index contributed by atoms with van der Waals surface area (Å²) >= 11 is 0. The molecule has 3 unspecified atom stereocenters. The highest BCUT2D eigenvalue weighted by molar-refractivity contribution is 5.98. The number of carbonyl (C=O) groups excluding carboxylic acids is 1. The Balaban J connectivity index is 0.00000256. The van der Waals surface area contributed by atoms with Crippen molar-refractivity contribution in [2.24, 2.45) is 5.92 Å². The number of aliphatic hydroxyl groups is 1. The lowest BCUT2D eigenvalue weighted by Crippen LogP contribution is -3.15. The number of rotatable bonds is 6. The van der Waals surface area contributed by atoms with Crippen LogP contribution < -0.4 is 17.3 Å². The minimum Gasteiger partial charge on any atom is -1.00 e. The number of hydrogen-bond donors (Lipinski definition) is 2. The molecule has 0 bridgehead atoms. The normalized spacial score (nSPS) is 23.4. The summed E-state index contributed by atoms with van der Waals surface area (Å²) in [6, 6.07) is 29.6. The average Bonchev–Trinajstić information content (AvgIpc) is 2.80. The third-order valence-corrected chi connectivity index (χ3v) is 6.19. The minimum absolute atomic E-state index is 0. The van der Waals surface area contributed by atoms with E-state index in [1.54, 1.807) is 0 Å². The fraction of sp³-hybridized carbons (Fsp3) is 0.269. The maximum atomic E-state index is 13.4. The van der Waals surface area contributed by atoms with Gasteiger partial charge in [0.15, 0.2) is 5.78 Å². The third-order valence-electron chi connectivity index (χ3n) is 6.19. The summed E-state index contributed by atoms with van der Waals surface area (Å²) in [4.78, 5) is 14.8. The molecule has 3 nitrogen and oxygen atoms in total. The maximum Gasteiger partial charge on any atom is 0.174 e. The van der Waals surface area contributed by atoms with E-state index in [2.05, 4.69) is 24.3 Å². The van der Waals surface area contributed by atoms with Crippen LogP contribution in [-0.4, -0.2) is 30.5 Å². The molecule has 3 aromatic carbocycles. The van der Waals surface area contributed by atoms with Gasteiger partial charge in [-0.2, -0.15) is 0 Å². The van der Waals surface area contributed by atoms with Crippen molar-refractivity contribution < 1.29 is 27.2 Å². The van der Waals surface area contributed by atoms with Gasteiger partial charge in [0.25, 0.3) is 0 Å². The van der Waals surface area contributed by atoms with E-state index in [-0.39, 0.29) is 18.2 Å². The Bertz CT molecular complexity index is 933. The molecule has 1 aliphatic rings. The quantitative estimate of drug-likeness (QED) is 0.546. The molecule has 0 amide bonds. The Labute approximate surface area is 184 Å². The van der Waals surface area contributed by atoms with Crippen molar-refractivity contribution in [3.63, 3.8) is 0 Å². The van der Waals surface area contributed by atoms with E-state index in [0.29, 0.717) is 18.5 Å². The Morgan fingerprint density at radius 2 is 1.47 bits per heavy atom. The number of quaternary nitrogens is 1. The number of likely N-dealkylation sites (tertiary alicyclic amines) is 1. The number of carbonyl (C=O) groups is 1. The van der Waals surface area contributed by atoms with Crippen LogP contribution >= 0.6 is 0 Å². The van der Waals surface area contributed by atoms with Crippen molar-refractivity contribution in [3.05, 3.63) is 108 Å². The molecule has 4 rings (SSSR count). The fourth-order valence-electron chi connectivity index (χ4n) is 4.48. The number of nitrogens with one attached hydrogen (secondary N) is 1.